The van der Waals surface area contributed by atoms with E-state index in [1.165, 1.54) is 21.1 Å². The normalized spacial score (nSPS) is 15.1. The Kier molecular flexibility index (Phi) is 3.31. The van der Waals surface area contributed by atoms with Crippen molar-refractivity contribution in [1.29, 1.82) is 0 Å². The molecule has 1 aromatic heterocycles. The molecule has 86 valence electrons. The lowest BCUT2D eigenvalue weighted by Crippen LogP contribution is -2.37. The molecule has 0 aromatic carbocycles. The molecular formula is C9H9ClN2O3S. The van der Waals surface area contributed by atoms with Crippen molar-refractivity contribution in [2.24, 2.45) is 0 Å². The van der Waals surface area contributed by atoms with Crippen LogP contribution in [0, 0.1) is 0 Å². The Balaban J connectivity index is 2.06. The Morgan fingerprint density at radius 3 is 2.94 bits per heavy atom. The number of hydrogen-bond donors (Lipinski definition) is 0. The SMILES string of the molecule is O=CN(CN1CCOC1=O)c1ccc(Cl)s1. The van der Waals surface area contributed by atoms with Crippen molar-refractivity contribution >= 4 is 40.4 Å². The van der Waals surface area contributed by atoms with Gasteiger partial charge in [-0.05, 0) is 12.1 Å². The standard InChI is InChI=1S/C9H9ClN2O3S/c10-7-1-2-8(16-7)12(6-13)5-11-3-4-15-9(11)14/h1-2,6H,3-5H2. The molecule has 0 bridgehead atoms. The summed E-state index contributed by atoms with van der Waals surface area (Å²) in [7, 11) is 0. The highest BCUT2D eigenvalue weighted by atomic mass is 35.5. The van der Waals surface area contributed by atoms with Crippen LogP contribution in [0.4, 0.5) is 9.80 Å². The van der Waals surface area contributed by atoms with Gasteiger partial charge >= 0.3 is 6.09 Å². The van der Waals surface area contributed by atoms with Gasteiger partial charge in [0, 0.05) is 0 Å². The molecule has 0 spiro atoms. The van der Waals surface area contributed by atoms with Crippen LogP contribution in [0.3, 0.4) is 0 Å². The van der Waals surface area contributed by atoms with Gasteiger partial charge in [0.1, 0.15) is 18.3 Å². The van der Waals surface area contributed by atoms with E-state index in [1.54, 1.807) is 12.1 Å². The van der Waals surface area contributed by atoms with Crippen LogP contribution in [0.2, 0.25) is 4.34 Å². The summed E-state index contributed by atoms with van der Waals surface area (Å²) < 4.78 is 5.38. The zero-order valence-corrected chi connectivity index (χ0v) is 9.83. The van der Waals surface area contributed by atoms with Gasteiger partial charge in [-0.1, -0.05) is 11.6 Å². The fraction of sp³-hybridized carbons (Fsp3) is 0.333. The minimum Gasteiger partial charge on any atom is -0.447 e. The van der Waals surface area contributed by atoms with E-state index in [0.29, 0.717) is 28.9 Å². The summed E-state index contributed by atoms with van der Waals surface area (Å²) in [6, 6.07) is 3.45. The predicted octanol–water partition coefficient (Wildman–Crippen LogP) is 1.77. The second kappa shape index (κ2) is 4.71. The first-order chi connectivity index (χ1) is 7.70. The van der Waals surface area contributed by atoms with Crippen LogP contribution >= 0.6 is 22.9 Å². The fourth-order valence-corrected chi connectivity index (χ4v) is 2.34. The topological polar surface area (TPSA) is 49.9 Å². The zero-order chi connectivity index (χ0) is 11.5. The molecule has 0 unspecified atom stereocenters. The van der Waals surface area contributed by atoms with E-state index in [2.05, 4.69) is 0 Å². The first-order valence-corrected chi connectivity index (χ1v) is 5.79. The molecule has 16 heavy (non-hydrogen) atoms. The van der Waals surface area contributed by atoms with E-state index >= 15 is 0 Å². The van der Waals surface area contributed by atoms with Crippen LogP contribution in [0.1, 0.15) is 0 Å². The van der Waals surface area contributed by atoms with E-state index in [9.17, 15) is 9.59 Å². The van der Waals surface area contributed by atoms with Crippen molar-refractivity contribution in [3.63, 3.8) is 0 Å². The van der Waals surface area contributed by atoms with E-state index in [4.69, 9.17) is 16.3 Å². The van der Waals surface area contributed by atoms with Crippen LogP contribution in [0.5, 0.6) is 0 Å². The maximum Gasteiger partial charge on any atom is 0.411 e. The minimum absolute atomic E-state index is 0.194. The largest absolute Gasteiger partial charge is 0.447 e. The molecule has 0 saturated carbocycles. The van der Waals surface area contributed by atoms with Crippen molar-refractivity contribution in [3.05, 3.63) is 16.5 Å². The maximum absolute atomic E-state index is 11.2. The molecule has 5 nitrogen and oxygen atoms in total. The molecule has 2 amide bonds. The number of cyclic esters (lactones) is 1. The van der Waals surface area contributed by atoms with Crippen LogP contribution in [0.25, 0.3) is 0 Å². The molecule has 1 aliphatic rings. The smallest absolute Gasteiger partial charge is 0.411 e. The van der Waals surface area contributed by atoms with Gasteiger partial charge in [0.05, 0.1) is 10.9 Å². The Morgan fingerprint density at radius 1 is 1.62 bits per heavy atom. The number of hydrogen-bond acceptors (Lipinski definition) is 4. The van der Waals surface area contributed by atoms with E-state index < -0.39 is 6.09 Å². The lowest BCUT2D eigenvalue weighted by molar-refractivity contribution is -0.107. The number of carbonyl (C=O) groups is 2. The van der Waals surface area contributed by atoms with Gasteiger partial charge in [0.15, 0.2) is 0 Å². The van der Waals surface area contributed by atoms with Gasteiger partial charge in [-0.2, -0.15) is 0 Å². The monoisotopic (exact) mass is 260 g/mol. The van der Waals surface area contributed by atoms with Gasteiger partial charge < -0.3 is 4.74 Å². The van der Waals surface area contributed by atoms with Crippen molar-refractivity contribution in [2.45, 2.75) is 0 Å². The van der Waals surface area contributed by atoms with Crippen LogP contribution in [0.15, 0.2) is 12.1 Å². The Hall–Kier alpha value is -1.27. The number of thiophene rings is 1. The van der Waals surface area contributed by atoms with Gasteiger partial charge in [-0.3, -0.25) is 14.6 Å². The number of ether oxygens (including phenoxy) is 1. The van der Waals surface area contributed by atoms with Gasteiger partial charge in [-0.25, -0.2) is 4.79 Å². The second-order valence-electron chi connectivity index (χ2n) is 3.17. The maximum atomic E-state index is 11.2. The highest BCUT2D eigenvalue weighted by Crippen LogP contribution is 2.29. The number of carbonyl (C=O) groups excluding carboxylic acids is 2. The average Bonchev–Trinajstić information content (AvgIpc) is 2.85. The number of anilines is 1. The summed E-state index contributed by atoms with van der Waals surface area (Å²) in [5, 5.41) is 0.708. The first-order valence-electron chi connectivity index (χ1n) is 4.59. The Morgan fingerprint density at radius 2 is 2.44 bits per heavy atom. The van der Waals surface area contributed by atoms with E-state index in [-0.39, 0.29) is 6.67 Å². The van der Waals surface area contributed by atoms with E-state index in [1.807, 2.05) is 0 Å². The number of rotatable bonds is 4. The number of amides is 2. The molecule has 1 saturated heterocycles. The first kappa shape index (κ1) is 11.2. The molecule has 0 atom stereocenters. The summed E-state index contributed by atoms with van der Waals surface area (Å²) in [4.78, 5) is 25.0. The molecule has 7 heteroatoms. The predicted molar refractivity (Wildman–Crippen MR) is 60.8 cm³/mol. The highest BCUT2D eigenvalue weighted by molar-refractivity contribution is 7.20. The molecule has 0 radical (unpaired) electrons. The number of halogens is 1. The second-order valence-corrected chi connectivity index (χ2v) is 4.87. The quantitative estimate of drug-likeness (QED) is 0.776. The summed E-state index contributed by atoms with van der Waals surface area (Å²) >= 11 is 7.06. The van der Waals surface area contributed by atoms with Gasteiger partial charge in [-0.15, -0.1) is 11.3 Å². The van der Waals surface area contributed by atoms with Crippen LogP contribution in [-0.4, -0.2) is 37.2 Å². The van der Waals surface area contributed by atoms with Crippen molar-refractivity contribution in [3.8, 4) is 0 Å². The third-order valence-corrected chi connectivity index (χ3v) is 3.41. The molecule has 1 aliphatic heterocycles. The molecule has 0 N–H and O–H groups in total. The lowest BCUT2D eigenvalue weighted by Gasteiger charge is -2.20. The minimum atomic E-state index is -0.394. The Bertz CT molecular complexity index is 409. The van der Waals surface area contributed by atoms with Gasteiger partial charge in [0.25, 0.3) is 0 Å². The molecule has 1 aromatic rings. The summed E-state index contributed by atoms with van der Waals surface area (Å²) in [6.07, 6.45) is 0.280. The summed E-state index contributed by atoms with van der Waals surface area (Å²) in [5.41, 5.74) is 0. The van der Waals surface area contributed by atoms with Crippen LogP contribution < -0.4 is 4.90 Å². The molecule has 2 rings (SSSR count). The molecule has 0 aliphatic carbocycles. The molecule has 1 fully saturated rings. The summed E-state index contributed by atoms with van der Waals surface area (Å²) in [6.45, 7) is 1.07. The van der Waals surface area contributed by atoms with Crippen molar-refractivity contribution < 1.29 is 14.3 Å². The van der Waals surface area contributed by atoms with E-state index in [0.717, 1.165) is 0 Å². The van der Waals surface area contributed by atoms with Crippen LogP contribution in [-0.2, 0) is 9.53 Å². The molecular weight excluding hydrogens is 252 g/mol. The fourth-order valence-electron chi connectivity index (χ4n) is 1.35. The lowest BCUT2D eigenvalue weighted by atomic mass is 10.5. The molecule has 2 heterocycles. The summed E-state index contributed by atoms with van der Waals surface area (Å²) in [5.74, 6) is 0. The third kappa shape index (κ3) is 2.28. The zero-order valence-electron chi connectivity index (χ0n) is 8.26. The average molecular weight is 261 g/mol. The van der Waals surface area contributed by atoms with Crippen molar-refractivity contribution in [2.75, 3.05) is 24.7 Å². The highest BCUT2D eigenvalue weighted by Gasteiger charge is 2.24. The third-order valence-electron chi connectivity index (χ3n) is 2.14. The van der Waals surface area contributed by atoms with Crippen molar-refractivity contribution in [1.82, 2.24) is 4.90 Å². The number of nitrogens with zero attached hydrogens (tertiary/aromatic N) is 2. The van der Waals surface area contributed by atoms with Gasteiger partial charge in [0.2, 0.25) is 6.41 Å². The Labute approximate surface area is 101 Å².